The molecule has 0 saturated heterocycles. The van der Waals surface area contributed by atoms with E-state index in [-0.39, 0.29) is 5.75 Å². The fourth-order valence-electron chi connectivity index (χ4n) is 1.93. The Morgan fingerprint density at radius 3 is 2.74 bits per heavy atom. The van der Waals surface area contributed by atoms with Crippen LogP contribution in [0.25, 0.3) is 0 Å². The van der Waals surface area contributed by atoms with Gasteiger partial charge in [0.2, 0.25) is 0 Å². The minimum absolute atomic E-state index is 0.234. The van der Waals surface area contributed by atoms with Gasteiger partial charge in [0.15, 0.2) is 0 Å². The highest BCUT2D eigenvalue weighted by Gasteiger charge is 2.04. The Morgan fingerprint density at radius 1 is 1.21 bits per heavy atom. The van der Waals surface area contributed by atoms with E-state index in [9.17, 15) is 5.11 Å². The highest BCUT2D eigenvalue weighted by Crippen LogP contribution is 2.20. The second-order valence-corrected chi connectivity index (χ2v) is 5.05. The zero-order valence-corrected chi connectivity index (χ0v) is 11.6. The number of aryl methyl sites for hydroxylation is 1. The van der Waals surface area contributed by atoms with Crippen molar-refractivity contribution in [2.24, 2.45) is 0 Å². The Labute approximate surface area is 114 Å². The van der Waals surface area contributed by atoms with Gasteiger partial charge >= 0.3 is 0 Å². The van der Waals surface area contributed by atoms with Crippen molar-refractivity contribution >= 4 is 5.69 Å². The molecule has 0 saturated carbocycles. The van der Waals surface area contributed by atoms with Crippen molar-refractivity contribution < 1.29 is 5.11 Å². The van der Waals surface area contributed by atoms with E-state index in [0.29, 0.717) is 18.2 Å². The zero-order valence-electron chi connectivity index (χ0n) is 11.6. The third-order valence-corrected chi connectivity index (χ3v) is 3.10. The number of aromatic nitrogens is 1. The van der Waals surface area contributed by atoms with E-state index in [4.69, 9.17) is 0 Å². The molecule has 1 heterocycles. The van der Waals surface area contributed by atoms with Crippen LogP contribution in [0.2, 0.25) is 0 Å². The van der Waals surface area contributed by atoms with E-state index >= 15 is 0 Å². The number of aromatic hydroxyl groups is 1. The topological polar surface area (TPSA) is 45.1 Å². The molecule has 0 unspecified atom stereocenters. The van der Waals surface area contributed by atoms with Gasteiger partial charge in [-0.05, 0) is 42.7 Å². The fourth-order valence-corrected chi connectivity index (χ4v) is 1.93. The van der Waals surface area contributed by atoms with E-state index in [1.165, 1.54) is 5.56 Å². The van der Waals surface area contributed by atoms with Crippen LogP contribution in [0, 0.1) is 6.92 Å². The van der Waals surface area contributed by atoms with Gasteiger partial charge in [-0.15, -0.1) is 0 Å². The van der Waals surface area contributed by atoms with Crippen molar-refractivity contribution in [1.29, 1.82) is 0 Å². The molecule has 3 heteroatoms. The van der Waals surface area contributed by atoms with E-state index in [0.717, 1.165) is 11.4 Å². The maximum Gasteiger partial charge on any atom is 0.138 e. The van der Waals surface area contributed by atoms with Crippen LogP contribution in [0.4, 0.5) is 5.69 Å². The standard InChI is InChI=1S/C16H20N2O/c1-11(2)13-5-4-6-14(9-13)17-10-15-16(19)8-7-12(3)18-15/h4-9,11,17,19H,10H2,1-3H3. The molecule has 2 aromatic rings. The summed E-state index contributed by atoms with van der Waals surface area (Å²) in [5.74, 6) is 0.741. The molecule has 0 amide bonds. The predicted molar refractivity (Wildman–Crippen MR) is 78.5 cm³/mol. The first-order chi connectivity index (χ1) is 9.06. The van der Waals surface area contributed by atoms with Gasteiger partial charge < -0.3 is 10.4 Å². The number of nitrogens with one attached hydrogen (secondary N) is 1. The van der Waals surface area contributed by atoms with Crippen molar-refractivity contribution in [3.63, 3.8) is 0 Å². The molecule has 1 aromatic heterocycles. The summed E-state index contributed by atoms with van der Waals surface area (Å²) in [4.78, 5) is 4.33. The first-order valence-corrected chi connectivity index (χ1v) is 6.55. The SMILES string of the molecule is Cc1ccc(O)c(CNc2cccc(C(C)C)c2)n1. The highest BCUT2D eigenvalue weighted by atomic mass is 16.3. The van der Waals surface area contributed by atoms with Crippen molar-refractivity contribution in [3.05, 3.63) is 53.3 Å². The zero-order chi connectivity index (χ0) is 13.8. The second-order valence-electron chi connectivity index (χ2n) is 5.05. The highest BCUT2D eigenvalue weighted by molar-refractivity contribution is 5.47. The molecule has 0 fully saturated rings. The Balaban J connectivity index is 2.10. The predicted octanol–water partition coefficient (Wildman–Crippen LogP) is 3.83. The summed E-state index contributed by atoms with van der Waals surface area (Å²) < 4.78 is 0. The molecule has 19 heavy (non-hydrogen) atoms. The van der Waals surface area contributed by atoms with Gasteiger partial charge in [-0.25, -0.2) is 0 Å². The van der Waals surface area contributed by atoms with Crippen LogP contribution < -0.4 is 5.32 Å². The Bertz CT molecular complexity index is 564. The summed E-state index contributed by atoms with van der Waals surface area (Å²) in [6.07, 6.45) is 0. The largest absolute Gasteiger partial charge is 0.506 e. The van der Waals surface area contributed by atoms with E-state index < -0.39 is 0 Å². The summed E-state index contributed by atoms with van der Waals surface area (Å²) in [5.41, 5.74) is 3.93. The number of anilines is 1. The first kappa shape index (κ1) is 13.4. The molecular weight excluding hydrogens is 236 g/mol. The van der Waals surface area contributed by atoms with Crippen LogP contribution >= 0.6 is 0 Å². The molecule has 2 rings (SSSR count). The maximum atomic E-state index is 9.75. The van der Waals surface area contributed by atoms with Crippen LogP contribution in [0.15, 0.2) is 36.4 Å². The van der Waals surface area contributed by atoms with Crippen LogP contribution in [-0.2, 0) is 6.54 Å². The normalized spacial score (nSPS) is 10.7. The molecule has 1 aromatic carbocycles. The van der Waals surface area contributed by atoms with Gasteiger partial charge in [0, 0.05) is 11.4 Å². The molecule has 100 valence electrons. The van der Waals surface area contributed by atoms with E-state index in [2.05, 4.69) is 36.3 Å². The molecule has 0 aliphatic carbocycles. The molecule has 2 N–H and O–H groups in total. The Hall–Kier alpha value is -2.03. The van der Waals surface area contributed by atoms with Crippen LogP contribution in [0.5, 0.6) is 5.75 Å². The molecule has 0 spiro atoms. The van der Waals surface area contributed by atoms with Crippen molar-refractivity contribution in [2.45, 2.75) is 33.2 Å². The molecular formula is C16H20N2O. The van der Waals surface area contributed by atoms with Gasteiger partial charge in [-0.2, -0.15) is 0 Å². The third-order valence-electron chi connectivity index (χ3n) is 3.10. The number of pyridine rings is 1. The van der Waals surface area contributed by atoms with Crippen molar-refractivity contribution in [3.8, 4) is 5.75 Å². The van der Waals surface area contributed by atoms with Crippen LogP contribution in [-0.4, -0.2) is 10.1 Å². The number of nitrogens with zero attached hydrogens (tertiary/aromatic N) is 1. The summed E-state index contributed by atoms with van der Waals surface area (Å²) in [5, 5.41) is 13.1. The van der Waals surface area contributed by atoms with Gasteiger partial charge in [-0.1, -0.05) is 26.0 Å². The average molecular weight is 256 g/mol. The van der Waals surface area contributed by atoms with Gasteiger partial charge in [0.1, 0.15) is 11.4 Å². The van der Waals surface area contributed by atoms with Gasteiger partial charge in [0.25, 0.3) is 0 Å². The maximum absolute atomic E-state index is 9.75. The van der Waals surface area contributed by atoms with Gasteiger partial charge in [-0.3, -0.25) is 4.98 Å². The smallest absolute Gasteiger partial charge is 0.138 e. The Kier molecular flexibility index (Phi) is 4.05. The summed E-state index contributed by atoms with van der Waals surface area (Å²) in [6, 6.07) is 11.8. The van der Waals surface area contributed by atoms with Crippen molar-refractivity contribution in [1.82, 2.24) is 4.98 Å². The lowest BCUT2D eigenvalue weighted by Gasteiger charge is -2.11. The number of rotatable bonds is 4. The minimum atomic E-state index is 0.234. The fraction of sp³-hybridized carbons (Fsp3) is 0.312. The Morgan fingerprint density at radius 2 is 2.00 bits per heavy atom. The van der Waals surface area contributed by atoms with Crippen LogP contribution in [0.3, 0.4) is 0 Å². The molecule has 0 bridgehead atoms. The van der Waals surface area contributed by atoms with Crippen LogP contribution in [0.1, 0.15) is 36.7 Å². The summed E-state index contributed by atoms with van der Waals surface area (Å²) in [6.45, 7) is 6.79. The molecule has 0 radical (unpaired) electrons. The second kappa shape index (κ2) is 5.74. The summed E-state index contributed by atoms with van der Waals surface area (Å²) in [7, 11) is 0. The lowest BCUT2D eigenvalue weighted by Crippen LogP contribution is -2.03. The third kappa shape index (κ3) is 3.47. The minimum Gasteiger partial charge on any atom is -0.506 e. The van der Waals surface area contributed by atoms with E-state index in [1.807, 2.05) is 19.1 Å². The summed E-state index contributed by atoms with van der Waals surface area (Å²) >= 11 is 0. The average Bonchev–Trinajstić information content (AvgIpc) is 2.40. The van der Waals surface area contributed by atoms with Crippen molar-refractivity contribution in [2.75, 3.05) is 5.32 Å². The lowest BCUT2D eigenvalue weighted by molar-refractivity contribution is 0.464. The van der Waals surface area contributed by atoms with Gasteiger partial charge in [0.05, 0.1) is 6.54 Å². The van der Waals surface area contributed by atoms with E-state index in [1.54, 1.807) is 12.1 Å². The molecule has 0 atom stereocenters. The number of hydrogen-bond acceptors (Lipinski definition) is 3. The monoisotopic (exact) mass is 256 g/mol. The molecule has 3 nitrogen and oxygen atoms in total. The number of hydrogen-bond donors (Lipinski definition) is 2. The molecule has 0 aliphatic rings. The quantitative estimate of drug-likeness (QED) is 0.873. The lowest BCUT2D eigenvalue weighted by atomic mass is 10.0. The number of benzene rings is 1. The first-order valence-electron chi connectivity index (χ1n) is 6.55. The molecule has 0 aliphatic heterocycles.